The summed E-state index contributed by atoms with van der Waals surface area (Å²) in [5.74, 6) is 1.86. The molecular formula is C18H31N3. The average molecular weight is 289 g/mol. The highest BCUT2D eigenvalue weighted by Crippen LogP contribution is 2.19. The SMILES string of the molecule is Cc1nc(N2CCCCCCC2)ccc1CNCC(C)C. The van der Waals surface area contributed by atoms with Gasteiger partial charge in [0.25, 0.3) is 0 Å². The summed E-state index contributed by atoms with van der Waals surface area (Å²) >= 11 is 0. The van der Waals surface area contributed by atoms with Crippen molar-refractivity contribution in [1.82, 2.24) is 10.3 Å². The Morgan fingerprint density at radius 3 is 2.38 bits per heavy atom. The average Bonchev–Trinajstić information content (AvgIpc) is 2.40. The summed E-state index contributed by atoms with van der Waals surface area (Å²) in [5, 5.41) is 3.51. The van der Waals surface area contributed by atoms with E-state index in [-0.39, 0.29) is 0 Å². The van der Waals surface area contributed by atoms with Crippen molar-refractivity contribution < 1.29 is 0 Å². The summed E-state index contributed by atoms with van der Waals surface area (Å²) < 4.78 is 0. The normalized spacial score (nSPS) is 16.9. The highest BCUT2D eigenvalue weighted by molar-refractivity contribution is 5.41. The number of anilines is 1. The molecule has 0 aromatic carbocycles. The van der Waals surface area contributed by atoms with E-state index >= 15 is 0 Å². The van der Waals surface area contributed by atoms with Gasteiger partial charge in [-0.05, 0) is 43.9 Å². The van der Waals surface area contributed by atoms with Crippen LogP contribution in [0.25, 0.3) is 0 Å². The molecule has 1 N–H and O–H groups in total. The summed E-state index contributed by atoms with van der Waals surface area (Å²) in [6.07, 6.45) is 6.75. The van der Waals surface area contributed by atoms with Crippen LogP contribution < -0.4 is 10.2 Å². The summed E-state index contributed by atoms with van der Waals surface area (Å²) in [6, 6.07) is 4.46. The first kappa shape index (κ1) is 16.3. The van der Waals surface area contributed by atoms with Gasteiger partial charge in [-0.2, -0.15) is 0 Å². The van der Waals surface area contributed by atoms with Crippen molar-refractivity contribution in [2.75, 3.05) is 24.5 Å². The van der Waals surface area contributed by atoms with Gasteiger partial charge in [0.1, 0.15) is 5.82 Å². The molecule has 1 aromatic heterocycles. The number of nitrogens with one attached hydrogen (secondary N) is 1. The molecule has 0 amide bonds. The van der Waals surface area contributed by atoms with Gasteiger partial charge in [-0.25, -0.2) is 4.98 Å². The quantitative estimate of drug-likeness (QED) is 0.891. The lowest BCUT2D eigenvalue weighted by molar-refractivity contribution is 0.548. The first-order valence-electron chi connectivity index (χ1n) is 8.59. The van der Waals surface area contributed by atoms with Crippen LogP contribution in [0.15, 0.2) is 12.1 Å². The van der Waals surface area contributed by atoms with Gasteiger partial charge in [0.15, 0.2) is 0 Å². The zero-order valence-corrected chi connectivity index (χ0v) is 14.0. The van der Waals surface area contributed by atoms with Gasteiger partial charge >= 0.3 is 0 Å². The van der Waals surface area contributed by atoms with Crippen molar-refractivity contribution in [3.63, 3.8) is 0 Å². The summed E-state index contributed by atoms with van der Waals surface area (Å²) in [4.78, 5) is 7.32. The second-order valence-corrected chi connectivity index (χ2v) is 6.69. The van der Waals surface area contributed by atoms with Crippen molar-refractivity contribution in [2.24, 2.45) is 5.92 Å². The molecule has 0 atom stereocenters. The summed E-state index contributed by atoms with van der Waals surface area (Å²) in [7, 11) is 0. The topological polar surface area (TPSA) is 28.2 Å². The Morgan fingerprint density at radius 1 is 1.10 bits per heavy atom. The van der Waals surface area contributed by atoms with Crippen LogP contribution >= 0.6 is 0 Å². The van der Waals surface area contributed by atoms with E-state index in [0.29, 0.717) is 5.92 Å². The van der Waals surface area contributed by atoms with E-state index in [0.717, 1.165) is 26.2 Å². The molecule has 0 radical (unpaired) electrons. The van der Waals surface area contributed by atoms with Crippen LogP contribution in [0.4, 0.5) is 5.82 Å². The van der Waals surface area contributed by atoms with Crippen molar-refractivity contribution in [3.05, 3.63) is 23.4 Å². The Kier molecular flexibility index (Phi) is 6.50. The van der Waals surface area contributed by atoms with E-state index in [4.69, 9.17) is 4.98 Å². The predicted molar refractivity (Wildman–Crippen MR) is 90.8 cm³/mol. The second kappa shape index (κ2) is 8.38. The molecule has 3 heteroatoms. The minimum atomic E-state index is 0.693. The molecule has 1 aliphatic rings. The Bertz CT molecular complexity index is 420. The van der Waals surface area contributed by atoms with Crippen LogP contribution in [0.2, 0.25) is 0 Å². The van der Waals surface area contributed by atoms with E-state index in [1.165, 1.54) is 49.2 Å². The molecule has 1 saturated heterocycles. The van der Waals surface area contributed by atoms with E-state index in [9.17, 15) is 0 Å². The van der Waals surface area contributed by atoms with Crippen LogP contribution in [-0.2, 0) is 6.54 Å². The fourth-order valence-electron chi connectivity index (χ4n) is 2.91. The molecule has 0 aliphatic carbocycles. The Hall–Kier alpha value is -1.09. The monoisotopic (exact) mass is 289 g/mol. The smallest absolute Gasteiger partial charge is 0.128 e. The number of nitrogens with zero attached hydrogens (tertiary/aromatic N) is 2. The lowest BCUT2D eigenvalue weighted by Crippen LogP contribution is -2.28. The van der Waals surface area contributed by atoms with Crippen LogP contribution in [0.5, 0.6) is 0 Å². The summed E-state index contributed by atoms with van der Waals surface area (Å²) in [6.45, 7) is 10.9. The van der Waals surface area contributed by atoms with Gasteiger partial charge in [-0.1, -0.05) is 39.2 Å². The van der Waals surface area contributed by atoms with Gasteiger partial charge in [0.05, 0.1) is 0 Å². The second-order valence-electron chi connectivity index (χ2n) is 6.69. The first-order chi connectivity index (χ1) is 10.2. The fourth-order valence-corrected chi connectivity index (χ4v) is 2.91. The van der Waals surface area contributed by atoms with E-state index < -0.39 is 0 Å². The van der Waals surface area contributed by atoms with Gasteiger partial charge in [-0.15, -0.1) is 0 Å². The van der Waals surface area contributed by atoms with Gasteiger partial charge in [-0.3, -0.25) is 0 Å². The van der Waals surface area contributed by atoms with Gasteiger partial charge < -0.3 is 10.2 Å². The zero-order chi connectivity index (χ0) is 15.1. The molecule has 2 rings (SSSR count). The third-order valence-corrected chi connectivity index (χ3v) is 4.23. The maximum Gasteiger partial charge on any atom is 0.128 e. The third-order valence-electron chi connectivity index (χ3n) is 4.23. The Balaban J connectivity index is 1.96. The fraction of sp³-hybridized carbons (Fsp3) is 0.722. The predicted octanol–water partition coefficient (Wildman–Crippen LogP) is 3.91. The molecular weight excluding hydrogens is 258 g/mol. The van der Waals surface area contributed by atoms with Crippen molar-refractivity contribution in [1.29, 1.82) is 0 Å². The molecule has 0 spiro atoms. The standard InChI is InChI=1S/C18H31N3/c1-15(2)13-19-14-17-9-10-18(20-16(17)3)21-11-7-5-4-6-8-12-21/h9-10,15,19H,4-8,11-14H2,1-3H3. The number of hydrogen-bond donors (Lipinski definition) is 1. The highest BCUT2D eigenvalue weighted by atomic mass is 15.2. The van der Waals surface area contributed by atoms with Gasteiger partial charge in [0.2, 0.25) is 0 Å². The molecule has 0 saturated carbocycles. The minimum Gasteiger partial charge on any atom is -0.357 e. The van der Waals surface area contributed by atoms with Crippen LogP contribution in [0, 0.1) is 12.8 Å². The van der Waals surface area contributed by atoms with E-state index in [2.05, 4.69) is 43.1 Å². The largest absolute Gasteiger partial charge is 0.357 e. The Labute approximate surface area is 130 Å². The molecule has 2 heterocycles. The molecule has 1 fully saturated rings. The zero-order valence-electron chi connectivity index (χ0n) is 14.0. The lowest BCUT2D eigenvalue weighted by Gasteiger charge is -2.26. The van der Waals surface area contributed by atoms with E-state index in [1.54, 1.807) is 0 Å². The Morgan fingerprint density at radius 2 is 1.76 bits per heavy atom. The maximum atomic E-state index is 4.85. The number of aromatic nitrogens is 1. The number of pyridine rings is 1. The number of aryl methyl sites for hydroxylation is 1. The molecule has 0 bridgehead atoms. The maximum absolute atomic E-state index is 4.85. The van der Waals surface area contributed by atoms with Crippen LogP contribution in [-0.4, -0.2) is 24.6 Å². The molecule has 118 valence electrons. The lowest BCUT2D eigenvalue weighted by atomic mass is 10.1. The molecule has 3 nitrogen and oxygen atoms in total. The van der Waals surface area contributed by atoms with Gasteiger partial charge in [0, 0.05) is 25.3 Å². The van der Waals surface area contributed by atoms with Crippen LogP contribution in [0.1, 0.15) is 57.2 Å². The molecule has 1 aromatic rings. The van der Waals surface area contributed by atoms with Crippen molar-refractivity contribution in [2.45, 2.75) is 59.4 Å². The highest BCUT2D eigenvalue weighted by Gasteiger charge is 2.11. The number of rotatable bonds is 5. The molecule has 21 heavy (non-hydrogen) atoms. The van der Waals surface area contributed by atoms with Crippen LogP contribution in [0.3, 0.4) is 0 Å². The molecule has 0 unspecified atom stereocenters. The number of hydrogen-bond acceptors (Lipinski definition) is 3. The molecule has 1 aliphatic heterocycles. The third kappa shape index (κ3) is 5.31. The summed E-state index contributed by atoms with van der Waals surface area (Å²) in [5.41, 5.74) is 2.50. The van der Waals surface area contributed by atoms with Crippen molar-refractivity contribution >= 4 is 5.82 Å². The van der Waals surface area contributed by atoms with Crippen molar-refractivity contribution in [3.8, 4) is 0 Å². The first-order valence-corrected chi connectivity index (χ1v) is 8.59. The minimum absolute atomic E-state index is 0.693. The van der Waals surface area contributed by atoms with E-state index in [1.807, 2.05) is 0 Å².